The van der Waals surface area contributed by atoms with Crippen LogP contribution in [0.15, 0.2) is 30.3 Å². The SMILES string of the molecule is Cc1[nH]nc(CCC(=O)N2C[C@@H]3CNC[C@@H]3[C@H]2c2ccccc2)c1C. The van der Waals surface area contributed by atoms with Gasteiger partial charge in [0.15, 0.2) is 0 Å². The molecular formula is C20H26N4O. The lowest BCUT2D eigenvalue weighted by Gasteiger charge is -2.28. The fraction of sp³-hybridized carbons (Fsp3) is 0.500. The summed E-state index contributed by atoms with van der Waals surface area (Å²) in [5, 5.41) is 10.9. The summed E-state index contributed by atoms with van der Waals surface area (Å²) in [7, 11) is 0. The number of aromatic amines is 1. The fourth-order valence-electron chi connectivity index (χ4n) is 4.40. The molecule has 0 unspecified atom stereocenters. The third-order valence-electron chi connectivity index (χ3n) is 5.96. The molecule has 25 heavy (non-hydrogen) atoms. The van der Waals surface area contributed by atoms with Gasteiger partial charge in [0.25, 0.3) is 0 Å². The van der Waals surface area contributed by atoms with E-state index in [1.807, 2.05) is 13.0 Å². The number of nitrogens with one attached hydrogen (secondary N) is 2. The Kier molecular flexibility index (Phi) is 4.34. The van der Waals surface area contributed by atoms with E-state index in [2.05, 4.69) is 51.6 Å². The van der Waals surface area contributed by atoms with E-state index < -0.39 is 0 Å². The van der Waals surface area contributed by atoms with Gasteiger partial charge in [-0.25, -0.2) is 0 Å². The molecule has 132 valence electrons. The summed E-state index contributed by atoms with van der Waals surface area (Å²) >= 11 is 0. The lowest BCUT2D eigenvalue weighted by atomic mass is 9.89. The van der Waals surface area contributed by atoms with Gasteiger partial charge in [-0.05, 0) is 30.9 Å². The summed E-state index contributed by atoms with van der Waals surface area (Å²) in [5.74, 6) is 1.35. The molecule has 0 bridgehead atoms. The molecule has 4 rings (SSSR count). The second kappa shape index (κ2) is 6.64. The van der Waals surface area contributed by atoms with Crippen molar-refractivity contribution in [3.05, 3.63) is 52.8 Å². The quantitative estimate of drug-likeness (QED) is 0.900. The molecule has 2 saturated heterocycles. The Bertz CT molecular complexity index is 754. The van der Waals surface area contributed by atoms with Gasteiger partial charge in [-0.3, -0.25) is 9.89 Å². The first-order valence-corrected chi connectivity index (χ1v) is 9.20. The van der Waals surface area contributed by atoms with Gasteiger partial charge in [-0.1, -0.05) is 30.3 Å². The van der Waals surface area contributed by atoms with Gasteiger partial charge in [0.1, 0.15) is 0 Å². The summed E-state index contributed by atoms with van der Waals surface area (Å²) in [6, 6.07) is 10.7. The van der Waals surface area contributed by atoms with Crippen LogP contribution in [0, 0.1) is 25.7 Å². The Morgan fingerprint density at radius 3 is 2.76 bits per heavy atom. The molecule has 0 saturated carbocycles. The third kappa shape index (κ3) is 2.97. The Labute approximate surface area is 148 Å². The molecule has 1 aromatic carbocycles. The average molecular weight is 338 g/mol. The van der Waals surface area contributed by atoms with Crippen molar-refractivity contribution in [3.63, 3.8) is 0 Å². The van der Waals surface area contributed by atoms with E-state index in [-0.39, 0.29) is 11.9 Å². The molecule has 0 radical (unpaired) electrons. The van der Waals surface area contributed by atoms with E-state index >= 15 is 0 Å². The van der Waals surface area contributed by atoms with Crippen molar-refractivity contribution in [2.75, 3.05) is 19.6 Å². The van der Waals surface area contributed by atoms with Crippen LogP contribution >= 0.6 is 0 Å². The van der Waals surface area contributed by atoms with Crippen LogP contribution in [0.5, 0.6) is 0 Å². The molecule has 2 fully saturated rings. The molecule has 0 spiro atoms. The predicted octanol–water partition coefficient (Wildman–Crippen LogP) is 2.38. The highest BCUT2D eigenvalue weighted by molar-refractivity contribution is 5.77. The summed E-state index contributed by atoms with van der Waals surface area (Å²) in [4.78, 5) is 15.1. The second-order valence-corrected chi connectivity index (χ2v) is 7.40. The number of nitrogens with zero attached hydrogens (tertiary/aromatic N) is 2. The molecule has 1 aromatic heterocycles. The van der Waals surface area contributed by atoms with Crippen LogP contribution in [0.4, 0.5) is 0 Å². The van der Waals surface area contributed by atoms with Gasteiger partial charge in [-0.2, -0.15) is 5.10 Å². The molecule has 2 aromatic rings. The van der Waals surface area contributed by atoms with Gasteiger partial charge in [0, 0.05) is 44.1 Å². The molecule has 2 aliphatic heterocycles. The van der Waals surface area contributed by atoms with Crippen molar-refractivity contribution < 1.29 is 4.79 Å². The minimum atomic E-state index is 0.204. The van der Waals surface area contributed by atoms with Crippen molar-refractivity contribution >= 4 is 5.91 Å². The molecule has 1 amide bonds. The first-order chi connectivity index (χ1) is 12.1. The number of amides is 1. The minimum absolute atomic E-state index is 0.204. The van der Waals surface area contributed by atoms with Crippen LogP contribution in [0.1, 0.15) is 35.0 Å². The Balaban J connectivity index is 1.51. The molecule has 3 atom stereocenters. The number of aromatic nitrogens is 2. The molecule has 5 heteroatoms. The molecule has 3 heterocycles. The standard InChI is InChI=1S/C20H26N4O/c1-13-14(2)22-23-18(13)8-9-19(25)24-12-16-10-21-11-17(16)20(24)15-6-4-3-5-7-15/h3-7,16-17,20-21H,8-12H2,1-2H3,(H,22,23)/t16-,17-,20+/m0/s1. The third-order valence-corrected chi connectivity index (χ3v) is 5.96. The summed E-state index contributed by atoms with van der Waals surface area (Å²) < 4.78 is 0. The van der Waals surface area contributed by atoms with Crippen LogP contribution in [0.3, 0.4) is 0 Å². The van der Waals surface area contributed by atoms with Crippen molar-refractivity contribution in [3.8, 4) is 0 Å². The summed E-state index contributed by atoms with van der Waals surface area (Å²) in [6.07, 6.45) is 1.24. The zero-order valence-electron chi connectivity index (χ0n) is 15.0. The largest absolute Gasteiger partial charge is 0.335 e. The maximum Gasteiger partial charge on any atom is 0.223 e. The Morgan fingerprint density at radius 1 is 1.24 bits per heavy atom. The zero-order valence-corrected chi connectivity index (χ0v) is 15.0. The van der Waals surface area contributed by atoms with E-state index in [9.17, 15) is 4.79 Å². The van der Waals surface area contributed by atoms with Gasteiger partial charge in [0.2, 0.25) is 5.91 Å². The normalized spacial score (nSPS) is 25.4. The van der Waals surface area contributed by atoms with E-state index in [1.165, 1.54) is 11.1 Å². The Morgan fingerprint density at radius 2 is 2.04 bits per heavy atom. The first kappa shape index (κ1) is 16.3. The summed E-state index contributed by atoms with van der Waals surface area (Å²) in [6.45, 7) is 6.99. The van der Waals surface area contributed by atoms with Crippen LogP contribution in [-0.4, -0.2) is 40.6 Å². The van der Waals surface area contributed by atoms with Crippen molar-refractivity contribution in [2.24, 2.45) is 11.8 Å². The number of hydrogen-bond acceptors (Lipinski definition) is 3. The first-order valence-electron chi connectivity index (χ1n) is 9.20. The molecule has 2 N–H and O–H groups in total. The van der Waals surface area contributed by atoms with E-state index in [0.29, 0.717) is 24.7 Å². The topological polar surface area (TPSA) is 61.0 Å². The number of fused-ring (bicyclic) bond motifs is 1. The van der Waals surface area contributed by atoms with Gasteiger partial charge >= 0.3 is 0 Å². The van der Waals surface area contributed by atoms with Crippen LogP contribution in [-0.2, 0) is 11.2 Å². The highest BCUT2D eigenvalue weighted by atomic mass is 16.2. The summed E-state index contributed by atoms with van der Waals surface area (Å²) in [5.41, 5.74) is 4.54. The number of carbonyl (C=O) groups is 1. The Hall–Kier alpha value is -2.14. The number of aryl methyl sites for hydroxylation is 2. The number of carbonyl (C=O) groups excluding carboxylic acids is 1. The number of H-pyrrole nitrogens is 1. The van der Waals surface area contributed by atoms with Gasteiger partial charge in [-0.15, -0.1) is 0 Å². The highest BCUT2D eigenvalue weighted by Gasteiger charge is 2.46. The number of likely N-dealkylation sites (tertiary alicyclic amines) is 1. The zero-order chi connectivity index (χ0) is 17.4. The second-order valence-electron chi connectivity index (χ2n) is 7.40. The smallest absolute Gasteiger partial charge is 0.223 e. The maximum atomic E-state index is 13.0. The fourth-order valence-corrected chi connectivity index (χ4v) is 4.40. The van der Waals surface area contributed by atoms with Crippen molar-refractivity contribution in [2.45, 2.75) is 32.7 Å². The van der Waals surface area contributed by atoms with Crippen LogP contribution in [0.25, 0.3) is 0 Å². The molecule has 0 aliphatic carbocycles. The van der Waals surface area contributed by atoms with E-state index in [0.717, 1.165) is 31.0 Å². The maximum absolute atomic E-state index is 13.0. The molecule has 5 nitrogen and oxygen atoms in total. The number of rotatable bonds is 4. The van der Waals surface area contributed by atoms with Crippen molar-refractivity contribution in [1.82, 2.24) is 20.4 Å². The average Bonchev–Trinajstić information content (AvgIpc) is 3.30. The lowest BCUT2D eigenvalue weighted by Crippen LogP contribution is -2.34. The predicted molar refractivity (Wildman–Crippen MR) is 97.1 cm³/mol. The molecular weight excluding hydrogens is 312 g/mol. The lowest BCUT2D eigenvalue weighted by molar-refractivity contribution is -0.132. The molecule has 2 aliphatic rings. The van der Waals surface area contributed by atoms with Crippen LogP contribution < -0.4 is 5.32 Å². The monoisotopic (exact) mass is 338 g/mol. The van der Waals surface area contributed by atoms with Gasteiger partial charge < -0.3 is 10.2 Å². The highest BCUT2D eigenvalue weighted by Crippen LogP contribution is 2.42. The number of benzene rings is 1. The van der Waals surface area contributed by atoms with E-state index in [1.54, 1.807) is 0 Å². The van der Waals surface area contributed by atoms with Crippen LogP contribution in [0.2, 0.25) is 0 Å². The van der Waals surface area contributed by atoms with Crippen molar-refractivity contribution in [1.29, 1.82) is 0 Å². The minimum Gasteiger partial charge on any atom is -0.335 e. The van der Waals surface area contributed by atoms with Gasteiger partial charge in [0.05, 0.1) is 11.7 Å². The van der Waals surface area contributed by atoms with E-state index in [4.69, 9.17) is 0 Å². The number of hydrogen-bond donors (Lipinski definition) is 2.